The number of esters is 1. The number of ether oxygens (including phenoxy) is 1. The van der Waals surface area contributed by atoms with E-state index >= 15 is 0 Å². The normalized spacial score (nSPS) is 10.1. The van der Waals surface area contributed by atoms with Gasteiger partial charge in [0.25, 0.3) is 0 Å². The molecule has 0 aliphatic heterocycles. The summed E-state index contributed by atoms with van der Waals surface area (Å²) in [6.45, 7) is 2.67. The van der Waals surface area contributed by atoms with E-state index in [9.17, 15) is 14.0 Å². The number of amides is 1. The lowest BCUT2D eigenvalue weighted by Gasteiger charge is -2.07. The van der Waals surface area contributed by atoms with Gasteiger partial charge in [0.1, 0.15) is 5.82 Å². The van der Waals surface area contributed by atoms with Crippen LogP contribution >= 0.6 is 0 Å². The Morgan fingerprint density at radius 2 is 2.05 bits per heavy atom. The fourth-order valence-corrected chi connectivity index (χ4v) is 1.52. The first kappa shape index (κ1) is 16.1. The molecule has 1 amide bonds. The molecule has 0 radical (unpaired) electrons. The molecule has 20 heavy (non-hydrogen) atoms. The van der Waals surface area contributed by atoms with Gasteiger partial charge < -0.3 is 15.4 Å². The summed E-state index contributed by atoms with van der Waals surface area (Å²) in [5.74, 6) is -0.896. The highest BCUT2D eigenvalue weighted by molar-refractivity contribution is 5.78. The Morgan fingerprint density at radius 1 is 1.30 bits per heavy atom. The molecule has 6 heteroatoms. The lowest BCUT2D eigenvalue weighted by atomic mass is 10.2. The third-order valence-corrected chi connectivity index (χ3v) is 2.53. The van der Waals surface area contributed by atoms with Gasteiger partial charge in [0, 0.05) is 18.7 Å². The molecule has 110 valence electrons. The maximum absolute atomic E-state index is 13.3. The minimum atomic E-state index is -0.344. The zero-order chi connectivity index (χ0) is 14.8. The van der Waals surface area contributed by atoms with Crippen molar-refractivity contribution in [3.63, 3.8) is 0 Å². The molecule has 0 heterocycles. The molecular weight excluding hydrogens is 263 g/mol. The lowest BCUT2D eigenvalue weighted by Crippen LogP contribution is -2.34. The van der Waals surface area contributed by atoms with Gasteiger partial charge in [0.15, 0.2) is 0 Å². The summed E-state index contributed by atoms with van der Waals surface area (Å²) in [7, 11) is 0. The van der Waals surface area contributed by atoms with Crippen LogP contribution in [0.1, 0.15) is 18.9 Å². The lowest BCUT2D eigenvalue weighted by molar-refractivity contribution is -0.143. The highest BCUT2D eigenvalue weighted by Crippen LogP contribution is 2.05. The molecule has 5 nitrogen and oxygen atoms in total. The maximum atomic E-state index is 13.3. The van der Waals surface area contributed by atoms with Crippen molar-refractivity contribution in [1.29, 1.82) is 0 Å². The summed E-state index contributed by atoms with van der Waals surface area (Å²) in [6, 6.07) is 6.27. The van der Waals surface area contributed by atoms with Gasteiger partial charge >= 0.3 is 5.97 Å². The van der Waals surface area contributed by atoms with Crippen LogP contribution in [0.5, 0.6) is 0 Å². The van der Waals surface area contributed by atoms with Gasteiger partial charge in [0.05, 0.1) is 19.6 Å². The number of rotatable bonds is 8. The van der Waals surface area contributed by atoms with Crippen molar-refractivity contribution >= 4 is 11.9 Å². The number of hydrogen-bond donors (Lipinski definition) is 2. The van der Waals surface area contributed by atoms with Gasteiger partial charge in [-0.15, -0.1) is 0 Å². The third kappa shape index (κ3) is 6.29. The molecule has 0 unspecified atom stereocenters. The summed E-state index contributed by atoms with van der Waals surface area (Å²) >= 11 is 0. The zero-order valence-electron chi connectivity index (χ0n) is 11.4. The molecule has 0 saturated heterocycles. The van der Waals surface area contributed by atoms with Gasteiger partial charge in [-0.3, -0.25) is 9.59 Å². The summed E-state index contributed by atoms with van der Waals surface area (Å²) in [6.07, 6.45) is 0.217. The van der Waals surface area contributed by atoms with Crippen LogP contribution in [0.4, 0.5) is 4.39 Å². The average molecular weight is 282 g/mol. The van der Waals surface area contributed by atoms with Gasteiger partial charge in [-0.05, 0) is 13.0 Å². The minimum Gasteiger partial charge on any atom is -0.466 e. The fraction of sp³-hybridized carbons (Fsp3) is 0.429. The van der Waals surface area contributed by atoms with Crippen LogP contribution in [0.3, 0.4) is 0 Å². The Morgan fingerprint density at radius 3 is 2.75 bits per heavy atom. The second kappa shape index (κ2) is 9.03. The van der Waals surface area contributed by atoms with Crippen LogP contribution in [-0.4, -0.2) is 31.6 Å². The summed E-state index contributed by atoms with van der Waals surface area (Å²) in [5.41, 5.74) is 0.437. The molecule has 1 aromatic rings. The maximum Gasteiger partial charge on any atom is 0.307 e. The standard InChI is InChI=1S/C14H19FN2O3/c1-2-20-14(19)7-8-16-10-13(18)17-9-11-5-3-4-6-12(11)15/h3-6,16H,2,7-10H2,1H3,(H,17,18). The molecule has 0 saturated carbocycles. The number of benzene rings is 1. The third-order valence-electron chi connectivity index (χ3n) is 2.53. The second-order valence-electron chi connectivity index (χ2n) is 4.10. The van der Waals surface area contributed by atoms with Gasteiger partial charge in [-0.2, -0.15) is 0 Å². The largest absolute Gasteiger partial charge is 0.466 e. The first-order valence-electron chi connectivity index (χ1n) is 6.50. The Hall–Kier alpha value is -1.95. The highest BCUT2D eigenvalue weighted by Gasteiger charge is 2.05. The van der Waals surface area contributed by atoms with Crippen molar-refractivity contribution in [2.24, 2.45) is 0 Å². The summed E-state index contributed by atoms with van der Waals surface area (Å²) < 4.78 is 18.0. The van der Waals surface area contributed by atoms with E-state index < -0.39 is 0 Å². The molecule has 0 aliphatic rings. The number of carbonyl (C=O) groups excluding carboxylic acids is 2. The predicted octanol–water partition coefficient (Wildman–Crippen LogP) is 0.985. The van der Waals surface area contributed by atoms with Crippen LogP contribution in [0.25, 0.3) is 0 Å². The second-order valence-corrected chi connectivity index (χ2v) is 4.10. The fourth-order valence-electron chi connectivity index (χ4n) is 1.52. The Bertz CT molecular complexity index is 452. The van der Waals surface area contributed by atoms with Crippen molar-refractivity contribution in [2.75, 3.05) is 19.7 Å². The molecule has 0 fully saturated rings. The van der Waals surface area contributed by atoms with Crippen molar-refractivity contribution in [3.8, 4) is 0 Å². The highest BCUT2D eigenvalue weighted by atomic mass is 19.1. The smallest absolute Gasteiger partial charge is 0.307 e. The summed E-state index contributed by atoms with van der Waals surface area (Å²) in [4.78, 5) is 22.5. The van der Waals surface area contributed by atoms with Crippen molar-refractivity contribution in [2.45, 2.75) is 19.9 Å². The van der Waals surface area contributed by atoms with Gasteiger partial charge in [-0.1, -0.05) is 18.2 Å². The first-order chi connectivity index (χ1) is 9.63. The van der Waals surface area contributed by atoms with Crippen molar-refractivity contribution in [3.05, 3.63) is 35.6 Å². The number of carbonyl (C=O) groups is 2. The van der Waals surface area contributed by atoms with E-state index in [4.69, 9.17) is 4.74 Å². The van der Waals surface area contributed by atoms with Crippen molar-refractivity contribution < 1.29 is 18.7 Å². The van der Waals surface area contributed by atoms with E-state index in [1.807, 2.05) is 0 Å². The van der Waals surface area contributed by atoms with Crippen LogP contribution < -0.4 is 10.6 Å². The average Bonchev–Trinajstić information content (AvgIpc) is 2.43. The van der Waals surface area contributed by atoms with Crippen molar-refractivity contribution in [1.82, 2.24) is 10.6 Å². The van der Waals surface area contributed by atoms with Crippen LogP contribution in [0.2, 0.25) is 0 Å². The Labute approximate surface area is 117 Å². The van der Waals surface area contributed by atoms with Gasteiger partial charge in [-0.25, -0.2) is 4.39 Å². The van der Waals surface area contributed by atoms with E-state index in [0.717, 1.165) is 0 Å². The van der Waals surface area contributed by atoms with Crippen LogP contribution in [-0.2, 0) is 20.9 Å². The molecule has 0 spiro atoms. The molecule has 0 aromatic heterocycles. The number of halogens is 1. The van der Waals surface area contributed by atoms with Crippen LogP contribution in [0, 0.1) is 5.82 Å². The Balaban J connectivity index is 2.15. The molecular formula is C14H19FN2O3. The monoisotopic (exact) mass is 282 g/mol. The van der Waals surface area contributed by atoms with Gasteiger partial charge in [0.2, 0.25) is 5.91 Å². The number of nitrogens with one attached hydrogen (secondary N) is 2. The Kier molecular flexibility index (Phi) is 7.27. The topological polar surface area (TPSA) is 67.4 Å². The van der Waals surface area contributed by atoms with Crippen LogP contribution in [0.15, 0.2) is 24.3 Å². The first-order valence-corrected chi connectivity index (χ1v) is 6.50. The molecule has 0 aliphatic carbocycles. The van der Waals surface area contributed by atoms with E-state index in [1.165, 1.54) is 6.07 Å². The predicted molar refractivity (Wildman–Crippen MR) is 72.4 cm³/mol. The minimum absolute atomic E-state index is 0.0772. The molecule has 1 aromatic carbocycles. The SMILES string of the molecule is CCOC(=O)CCNCC(=O)NCc1ccccc1F. The summed E-state index contributed by atoms with van der Waals surface area (Å²) in [5, 5.41) is 5.41. The molecule has 2 N–H and O–H groups in total. The van der Waals surface area contributed by atoms with E-state index in [2.05, 4.69) is 10.6 Å². The molecule has 0 bridgehead atoms. The molecule has 1 rings (SSSR count). The number of hydrogen-bond acceptors (Lipinski definition) is 4. The van der Waals surface area contributed by atoms with E-state index in [1.54, 1.807) is 25.1 Å². The van der Waals surface area contributed by atoms with E-state index in [0.29, 0.717) is 18.7 Å². The zero-order valence-corrected chi connectivity index (χ0v) is 11.4. The van der Waals surface area contributed by atoms with E-state index in [-0.39, 0.29) is 37.2 Å². The molecule has 0 atom stereocenters. The quantitative estimate of drug-likeness (QED) is 0.551.